The molecule has 0 spiro atoms. The number of thioether (sulfide) groups is 1. The van der Waals surface area contributed by atoms with Crippen LogP contribution in [0.4, 0.5) is 0 Å². The van der Waals surface area contributed by atoms with E-state index in [9.17, 15) is 4.79 Å². The van der Waals surface area contributed by atoms with Gasteiger partial charge in [-0.15, -0.1) is 11.8 Å². The molecule has 1 aromatic carbocycles. The molecule has 0 saturated heterocycles. The van der Waals surface area contributed by atoms with Crippen LogP contribution in [0.15, 0.2) is 17.0 Å². The van der Waals surface area contributed by atoms with Crippen LogP contribution in [-0.4, -0.2) is 60.6 Å². The van der Waals surface area contributed by atoms with Gasteiger partial charge in [0.1, 0.15) is 13.2 Å². The number of fused-ring (bicyclic) bond motifs is 1. The van der Waals surface area contributed by atoms with E-state index in [4.69, 9.17) is 14.6 Å². The molecular weight excluding hydrogens is 340 g/mol. The van der Waals surface area contributed by atoms with Crippen molar-refractivity contribution >= 4 is 17.7 Å². The summed E-state index contributed by atoms with van der Waals surface area (Å²) in [6, 6.07) is 4.95. The third kappa shape index (κ3) is 4.40. The summed E-state index contributed by atoms with van der Waals surface area (Å²) in [5.41, 5.74) is 1.22. The van der Waals surface area contributed by atoms with E-state index in [1.165, 1.54) is 10.5 Å². The second kappa shape index (κ2) is 8.29. The lowest BCUT2D eigenvalue weighted by atomic mass is 9.85. The summed E-state index contributed by atoms with van der Waals surface area (Å²) in [6.45, 7) is 4.92. The minimum absolute atomic E-state index is 0.132. The zero-order valence-corrected chi connectivity index (χ0v) is 15.6. The Morgan fingerprint density at radius 2 is 2.00 bits per heavy atom. The maximum atomic E-state index is 10.9. The number of likely N-dealkylation sites (N-methyl/N-ethyl adjacent to an activating group) is 1. The molecule has 1 aliphatic carbocycles. The maximum Gasteiger partial charge on any atom is 0.317 e. The lowest BCUT2D eigenvalue weighted by Crippen LogP contribution is -2.53. The predicted octanol–water partition coefficient (Wildman–Crippen LogP) is 2.21. The van der Waals surface area contributed by atoms with Gasteiger partial charge in [-0.1, -0.05) is 6.92 Å². The SMILES string of the molecule is CCN(CC(=O)O)C1CC(NCc2cc3c(cc2SC)OCCO3)C1. The van der Waals surface area contributed by atoms with Crippen LogP contribution in [0.5, 0.6) is 11.5 Å². The van der Waals surface area contributed by atoms with Gasteiger partial charge in [0.2, 0.25) is 0 Å². The van der Waals surface area contributed by atoms with Crippen molar-refractivity contribution in [3.8, 4) is 11.5 Å². The fourth-order valence-electron chi connectivity index (χ4n) is 3.42. The Hall–Kier alpha value is -1.44. The van der Waals surface area contributed by atoms with Crippen molar-refractivity contribution in [1.82, 2.24) is 10.2 Å². The lowest BCUT2D eigenvalue weighted by Gasteiger charge is -2.42. The molecule has 0 aromatic heterocycles. The Kier molecular flexibility index (Phi) is 6.09. The van der Waals surface area contributed by atoms with Gasteiger partial charge in [0.25, 0.3) is 0 Å². The molecular formula is C18H26N2O4S. The summed E-state index contributed by atoms with van der Waals surface area (Å²) in [7, 11) is 0. The second-order valence-corrected chi connectivity index (χ2v) is 7.32. The summed E-state index contributed by atoms with van der Waals surface area (Å²) in [5, 5.41) is 12.6. The Morgan fingerprint density at radius 3 is 2.60 bits per heavy atom. The van der Waals surface area contributed by atoms with E-state index in [1.807, 2.05) is 11.8 Å². The minimum atomic E-state index is -0.751. The number of nitrogens with one attached hydrogen (secondary N) is 1. The summed E-state index contributed by atoms with van der Waals surface area (Å²) in [5.74, 6) is 0.903. The third-order valence-electron chi connectivity index (χ3n) is 4.90. The number of rotatable bonds is 8. The highest BCUT2D eigenvalue weighted by atomic mass is 32.2. The summed E-state index contributed by atoms with van der Waals surface area (Å²) >= 11 is 1.71. The number of hydrogen-bond donors (Lipinski definition) is 2. The van der Waals surface area contributed by atoms with E-state index < -0.39 is 5.97 Å². The van der Waals surface area contributed by atoms with Gasteiger partial charge >= 0.3 is 5.97 Å². The van der Waals surface area contributed by atoms with Crippen LogP contribution in [-0.2, 0) is 11.3 Å². The molecule has 1 aliphatic heterocycles. The molecule has 3 rings (SSSR count). The number of benzene rings is 1. The molecule has 0 amide bonds. The topological polar surface area (TPSA) is 71.0 Å². The zero-order chi connectivity index (χ0) is 17.8. The van der Waals surface area contributed by atoms with Gasteiger partial charge in [-0.25, -0.2) is 0 Å². The van der Waals surface area contributed by atoms with Crippen LogP contribution in [0.1, 0.15) is 25.3 Å². The lowest BCUT2D eigenvalue weighted by molar-refractivity contribution is -0.139. The third-order valence-corrected chi connectivity index (χ3v) is 5.72. The summed E-state index contributed by atoms with van der Waals surface area (Å²) < 4.78 is 11.3. The van der Waals surface area contributed by atoms with Crippen LogP contribution in [0.25, 0.3) is 0 Å². The minimum Gasteiger partial charge on any atom is -0.486 e. The Morgan fingerprint density at radius 1 is 1.32 bits per heavy atom. The van der Waals surface area contributed by atoms with Crippen molar-refractivity contribution < 1.29 is 19.4 Å². The highest BCUT2D eigenvalue weighted by molar-refractivity contribution is 7.98. The van der Waals surface area contributed by atoms with Crippen LogP contribution < -0.4 is 14.8 Å². The van der Waals surface area contributed by atoms with Gasteiger partial charge in [0.15, 0.2) is 11.5 Å². The number of carbonyl (C=O) groups is 1. The number of hydrogen-bond acceptors (Lipinski definition) is 6. The number of ether oxygens (including phenoxy) is 2. The average Bonchev–Trinajstić information content (AvgIpc) is 2.58. The first kappa shape index (κ1) is 18.4. The normalized spacial score (nSPS) is 21.9. The standard InChI is InChI=1S/C18H26N2O4S/c1-3-20(11-18(21)22)14-7-13(8-14)19-10-12-6-15-16(9-17(12)25-2)24-5-4-23-15/h6,9,13-14,19H,3-5,7-8,10-11H2,1-2H3,(H,21,22). The highest BCUT2D eigenvalue weighted by Crippen LogP contribution is 2.37. The molecule has 6 nitrogen and oxygen atoms in total. The van der Waals surface area contributed by atoms with E-state index in [2.05, 4.69) is 23.7 Å². The molecule has 7 heteroatoms. The highest BCUT2D eigenvalue weighted by Gasteiger charge is 2.33. The Balaban J connectivity index is 1.54. The van der Waals surface area contributed by atoms with Gasteiger partial charge in [-0.3, -0.25) is 9.69 Å². The maximum absolute atomic E-state index is 10.9. The van der Waals surface area contributed by atoms with Crippen molar-refractivity contribution in [2.75, 3.05) is 32.6 Å². The molecule has 0 radical (unpaired) electrons. The van der Waals surface area contributed by atoms with Gasteiger partial charge in [0, 0.05) is 23.5 Å². The van der Waals surface area contributed by atoms with E-state index in [0.29, 0.717) is 25.3 Å². The molecule has 0 bridgehead atoms. The van der Waals surface area contributed by atoms with Crippen molar-refractivity contribution in [3.05, 3.63) is 17.7 Å². The van der Waals surface area contributed by atoms with E-state index in [1.54, 1.807) is 11.8 Å². The Labute approximate surface area is 152 Å². The molecule has 1 saturated carbocycles. The quantitative estimate of drug-likeness (QED) is 0.684. The second-order valence-electron chi connectivity index (χ2n) is 6.47. The molecule has 1 fully saturated rings. The summed E-state index contributed by atoms with van der Waals surface area (Å²) in [6.07, 6.45) is 4.07. The number of aliphatic carboxylic acids is 1. The van der Waals surface area contributed by atoms with Gasteiger partial charge in [0.05, 0.1) is 6.54 Å². The smallest absolute Gasteiger partial charge is 0.317 e. The van der Waals surface area contributed by atoms with Crippen molar-refractivity contribution in [1.29, 1.82) is 0 Å². The monoisotopic (exact) mass is 366 g/mol. The van der Waals surface area contributed by atoms with Crippen LogP contribution >= 0.6 is 11.8 Å². The van der Waals surface area contributed by atoms with E-state index in [-0.39, 0.29) is 6.54 Å². The Bertz CT molecular complexity index is 619. The van der Waals surface area contributed by atoms with Crippen LogP contribution in [0, 0.1) is 0 Å². The molecule has 1 heterocycles. The van der Waals surface area contributed by atoms with E-state index >= 15 is 0 Å². The largest absolute Gasteiger partial charge is 0.486 e. The van der Waals surface area contributed by atoms with Crippen LogP contribution in [0.2, 0.25) is 0 Å². The number of carboxylic acids is 1. The summed E-state index contributed by atoms with van der Waals surface area (Å²) in [4.78, 5) is 14.2. The number of carboxylic acid groups (broad SMARTS) is 1. The van der Waals surface area contributed by atoms with Crippen molar-refractivity contribution in [2.24, 2.45) is 0 Å². The van der Waals surface area contributed by atoms with Gasteiger partial charge < -0.3 is 19.9 Å². The predicted molar refractivity (Wildman–Crippen MR) is 97.7 cm³/mol. The molecule has 0 unspecified atom stereocenters. The van der Waals surface area contributed by atoms with Gasteiger partial charge in [-0.05, 0) is 43.3 Å². The van der Waals surface area contributed by atoms with Gasteiger partial charge in [-0.2, -0.15) is 0 Å². The molecule has 25 heavy (non-hydrogen) atoms. The first-order chi connectivity index (χ1) is 12.1. The zero-order valence-electron chi connectivity index (χ0n) is 14.8. The average molecular weight is 366 g/mol. The van der Waals surface area contributed by atoms with E-state index in [0.717, 1.165) is 37.4 Å². The first-order valence-corrected chi connectivity index (χ1v) is 9.99. The fraction of sp³-hybridized carbons (Fsp3) is 0.611. The van der Waals surface area contributed by atoms with Crippen molar-refractivity contribution in [3.63, 3.8) is 0 Å². The van der Waals surface area contributed by atoms with Crippen molar-refractivity contribution in [2.45, 2.75) is 43.3 Å². The molecule has 2 N–H and O–H groups in total. The van der Waals surface area contributed by atoms with Crippen LogP contribution in [0.3, 0.4) is 0 Å². The molecule has 1 aromatic rings. The first-order valence-electron chi connectivity index (χ1n) is 8.76. The molecule has 0 atom stereocenters. The fourth-order valence-corrected chi connectivity index (χ4v) is 4.04. The molecule has 2 aliphatic rings. The molecule has 138 valence electrons. The number of nitrogens with zero attached hydrogens (tertiary/aromatic N) is 1.